The zero-order valence-corrected chi connectivity index (χ0v) is 17.1. The Kier molecular flexibility index (Phi) is 7.68. The van der Waals surface area contributed by atoms with E-state index in [1.165, 1.54) is 85.2 Å². The number of ether oxygens (including phenoxy) is 2. The Hall–Kier alpha value is -5.00. The third-order valence-electron chi connectivity index (χ3n) is 3.91. The average molecular weight is 468 g/mol. The van der Waals surface area contributed by atoms with E-state index >= 15 is 0 Å². The molecule has 34 heavy (non-hydrogen) atoms. The smallest absolute Gasteiger partial charge is 0.363 e. The number of nitro groups is 2. The Labute approximate surface area is 190 Å². The number of hydrogen-bond acceptors (Lipinski definition) is 8. The van der Waals surface area contributed by atoms with Crippen molar-refractivity contribution in [2.45, 2.75) is 0 Å². The summed E-state index contributed by atoms with van der Waals surface area (Å²) in [4.78, 5) is 26.7. The van der Waals surface area contributed by atoms with Gasteiger partial charge in [-0.15, -0.1) is 0 Å². The SMILES string of the molecule is O=[N+]([O-])c1ccc(Oc2ccc(F)cc2)cn1.O=[N+]([O-])c1ccc(Oc2ccc(F)cc2)cn1. The number of aromatic nitrogens is 2. The lowest BCUT2D eigenvalue weighted by Gasteiger charge is -2.03. The quantitative estimate of drug-likeness (QED) is 0.255. The second-order valence-electron chi connectivity index (χ2n) is 6.33. The highest BCUT2D eigenvalue weighted by atomic mass is 19.1. The minimum Gasteiger partial charge on any atom is -0.453 e. The van der Waals surface area contributed by atoms with Gasteiger partial charge in [-0.1, -0.05) is 0 Å². The van der Waals surface area contributed by atoms with Gasteiger partial charge < -0.3 is 29.7 Å². The van der Waals surface area contributed by atoms with E-state index in [1.807, 2.05) is 0 Å². The molecule has 0 amide bonds. The third-order valence-corrected chi connectivity index (χ3v) is 3.91. The van der Waals surface area contributed by atoms with Crippen molar-refractivity contribution >= 4 is 11.6 Å². The van der Waals surface area contributed by atoms with Crippen molar-refractivity contribution in [2.24, 2.45) is 0 Å². The molecule has 0 saturated carbocycles. The fourth-order valence-corrected chi connectivity index (χ4v) is 2.36. The molecule has 172 valence electrons. The van der Waals surface area contributed by atoms with Crippen LogP contribution in [0.25, 0.3) is 0 Å². The fourth-order valence-electron chi connectivity index (χ4n) is 2.36. The van der Waals surface area contributed by atoms with Crippen molar-refractivity contribution < 1.29 is 28.1 Å². The molecule has 4 aromatic rings. The summed E-state index contributed by atoms with van der Waals surface area (Å²) in [5.41, 5.74) is 0. The van der Waals surface area contributed by atoms with Gasteiger partial charge in [-0.2, -0.15) is 0 Å². The first-order valence-corrected chi connectivity index (χ1v) is 9.38. The van der Waals surface area contributed by atoms with Crippen LogP contribution in [0.4, 0.5) is 20.4 Å². The molecule has 0 atom stereocenters. The number of benzene rings is 2. The highest BCUT2D eigenvalue weighted by molar-refractivity contribution is 5.33. The summed E-state index contributed by atoms with van der Waals surface area (Å²) in [7, 11) is 0. The predicted molar refractivity (Wildman–Crippen MR) is 115 cm³/mol. The van der Waals surface area contributed by atoms with Gasteiger partial charge in [-0.05, 0) is 80.5 Å². The van der Waals surface area contributed by atoms with Gasteiger partial charge in [0.05, 0.1) is 0 Å². The summed E-state index contributed by atoms with van der Waals surface area (Å²) in [6.07, 6.45) is 2.48. The lowest BCUT2D eigenvalue weighted by Crippen LogP contribution is -1.92. The maximum Gasteiger partial charge on any atom is 0.363 e. The van der Waals surface area contributed by atoms with Gasteiger partial charge in [0.25, 0.3) is 0 Å². The van der Waals surface area contributed by atoms with Gasteiger partial charge in [-0.25, -0.2) is 8.78 Å². The minimum atomic E-state index is -0.596. The fraction of sp³-hybridized carbons (Fsp3) is 0. The molecule has 0 unspecified atom stereocenters. The van der Waals surface area contributed by atoms with E-state index in [1.54, 1.807) is 0 Å². The number of halogens is 2. The van der Waals surface area contributed by atoms with E-state index in [0.29, 0.717) is 23.0 Å². The summed E-state index contributed by atoms with van der Waals surface area (Å²) in [6, 6.07) is 16.2. The van der Waals surface area contributed by atoms with Gasteiger partial charge in [0.1, 0.15) is 23.1 Å². The molecule has 10 nitrogen and oxygen atoms in total. The molecule has 0 radical (unpaired) electrons. The molecule has 0 saturated heterocycles. The van der Waals surface area contributed by atoms with Crippen LogP contribution in [-0.2, 0) is 0 Å². The Balaban J connectivity index is 0.000000191. The highest BCUT2D eigenvalue weighted by Gasteiger charge is 2.08. The first-order chi connectivity index (χ1) is 16.3. The Bertz CT molecular complexity index is 1150. The van der Waals surface area contributed by atoms with Crippen molar-refractivity contribution in [3.05, 3.63) is 117 Å². The van der Waals surface area contributed by atoms with Crippen LogP contribution < -0.4 is 9.47 Å². The summed E-state index contributed by atoms with van der Waals surface area (Å²) in [5, 5.41) is 20.7. The van der Waals surface area contributed by atoms with Crippen molar-refractivity contribution in [2.75, 3.05) is 0 Å². The number of pyridine rings is 2. The standard InChI is InChI=1S/2C11H7FN2O3/c2*12-8-1-3-9(4-2-8)17-10-5-6-11(13-7-10)14(15)16/h2*1-7H. The number of hydrogen-bond donors (Lipinski definition) is 0. The summed E-state index contributed by atoms with van der Waals surface area (Å²) >= 11 is 0. The summed E-state index contributed by atoms with van der Waals surface area (Å²) in [6.45, 7) is 0. The first kappa shape index (κ1) is 23.7. The lowest BCUT2D eigenvalue weighted by molar-refractivity contribution is -0.389. The largest absolute Gasteiger partial charge is 0.453 e. The van der Waals surface area contributed by atoms with Crippen LogP contribution in [0.5, 0.6) is 23.0 Å². The maximum atomic E-state index is 12.6. The van der Waals surface area contributed by atoms with Crippen LogP contribution in [0.3, 0.4) is 0 Å². The van der Waals surface area contributed by atoms with E-state index in [4.69, 9.17) is 9.47 Å². The van der Waals surface area contributed by atoms with E-state index in [2.05, 4.69) is 9.97 Å². The van der Waals surface area contributed by atoms with Crippen LogP contribution in [0.15, 0.2) is 85.2 Å². The molecule has 0 aliphatic rings. The Morgan fingerprint density at radius 2 is 0.882 bits per heavy atom. The number of rotatable bonds is 6. The van der Waals surface area contributed by atoms with E-state index in [9.17, 15) is 29.0 Å². The van der Waals surface area contributed by atoms with E-state index in [0.717, 1.165) is 0 Å². The Morgan fingerprint density at radius 3 is 1.15 bits per heavy atom. The topological polar surface area (TPSA) is 131 Å². The van der Waals surface area contributed by atoms with E-state index in [-0.39, 0.29) is 23.3 Å². The molecular formula is C22H14F2N4O6. The predicted octanol–water partition coefficient (Wildman–Crippen LogP) is 5.84. The van der Waals surface area contributed by atoms with Crippen LogP contribution in [-0.4, -0.2) is 19.8 Å². The van der Waals surface area contributed by atoms with Crippen molar-refractivity contribution in [1.29, 1.82) is 0 Å². The molecule has 2 aromatic heterocycles. The minimum absolute atomic E-state index is 0.253. The second-order valence-corrected chi connectivity index (χ2v) is 6.33. The molecule has 0 aliphatic carbocycles. The molecule has 4 rings (SSSR count). The van der Waals surface area contributed by atoms with Crippen molar-refractivity contribution in [1.82, 2.24) is 9.97 Å². The molecule has 0 N–H and O–H groups in total. The summed E-state index contributed by atoms with van der Waals surface area (Å²) < 4.78 is 35.9. The van der Waals surface area contributed by atoms with Gasteiger partial charge >= 0.3 is 11.6 Å². The van der Waals surface area contributed by atoms with Crippen LogP contribution in [0.2, 0.25) is 0 Å². The first-order valence-electron chi connectivity index (χ1n) is 9.38. The maximum absolute atomic E-state index is 12.6. The Morgan fingerprint density at radius 1 is 0.559 bits per heavy atom. The average Bonchev–Trinajstić information content (AvgIpc) is 2.83. The van der Waals surface area contributed by atoms with Gasteiger partial charge in [0.15, 0.2) is 23.9 Å². The van der Waals surface area contributed by atoms with Gasteiger partial charge in [0.2, 0.25) is 0 Å². The van der Waals surface area contributed by atoms with Crippen molar-refractivity contribution in [3.63, 3.8) is 0 Å². The number of nitrogens with zero attached hydrogens (tertiary/aromatic N) is 4. The van der Waals surface area contributed by atoms with Crippen LogP contribution in [0, 0.1) is 31.9 Å². The van der Waals surface area contributed by atoms with Crippen LogP contribution >= 0.6 is 0 Å². The molecule has 0 bridgehead atoms. The molecule has 12 heteroatoms. The second kappa shape index (κ2) is 11.0. The summed E-state index contributed by atoms with van der Waals surface area (Å²) in [5.74, 6) is 0.333. The molecule has 0 fully saturated rings. The molecule has 2 heterocycles. The highest BCUT2D eigenvalue weighted by Crippen LogP contribution is 2.23. The lowest BCUT2D eigenvalue weighted by atomic mass is 10.3. The van der Waals surface area contributed by atoms with Gasteiger partial charge in [-0.3, -0.25) is 0 Å². The normalized spacial score (nSPS) is 9.94. The van der Waals surface area contributed by atoms with Crippen molar-refractivity contribution in [3.8, 4) is 23.0 Å². The van der Waals surface area contributed by atoms with Gasteiger partial charge in [0, 0.05) is 12.1 Å². The van der Waals surface area contributed by atoms with Crippen LogP contribution in [0.1, 0.15) is 0 Å². The zero-order chi connectivity index (χ0) is 24.5. The molecular weight excluding hydrogens is 454 g/mol. The van der Waals surface area contributed by atoms with E-state index < -0.39 is 9.85 Å². The molecule has 0 aliphatic heterocycles. The zero-order valence-electron chi connectivity index (χ0n) is 17.1. The third kappa shape index (κ3) is 7.02. The monoisotopic (exact) mass is 468 g/mol. The molecule has 2 aromatic carbocycles. The molecule has 0 spiro atoms.